The van der Waals surface area contributed by atoms with Crippen molar-refractivity contribution in [2.45, 2.75) is 51.7 Å². The molecule has 3 fully saturated rings. The van der Waals surface area contributed by atoms with Gasteiger partial charge in [-0.05, 0) is 70.1 Å². The summed E-state index contributed by atoms with van der Waals surface area (Å²) >= 11 is 0. The monoisotopic (exact) mass is 399 g/mol. The Hall–Kier alpha value is -2.77. The Balaban J connectivity index is 1.38. The highest BCUT2D eigenvalue weighted by atomic mass is 16.6. The van der Waals surface area contributed by atoms with Gasteiger partial charge in [0, 0.05) is 30.2 Å². The molecule has 3 heterocycles. The zero-order valence-electron chi connectivity index (χ0n) is 17.2. The number of carbonyl (C=O) groups excluding carboxylic acids is 2. The van der Waals surface area contributed by atoms with Gasteiger partial charge in [-0.3, -0.25) is 5.10 Å². The summed E-state index contributed by atoms with van der Waals surface area (Å²) in [5.74, 6) is 0.727. The molecule has 3 N–H and O–H groups in total. The minimum absolute atomic E-state index is 0.0792. The van der Waals surface area contributed by atoms with Crippen molar-refractivity contribution in [3.63, 3.8) is 0 Å². The molecular formula is C21H29N5O3. The van der Waals surface area contributed by atoms with Crippen LogP contribution in [0.2, 0.25) is 0 Å². The van der Waals surface area contributed by atoms with Gasteiger partial charge in [-0.25, -0.2) is 9.59 Å². The molecule has 0 spiro atoms. The predicted molar refractivity (Wildman–Crippen MR) is 111 cm³/mol. The molecule has 3 aliphatic rings. The SMILES string of the molecule is CC(C)(C)OC(=O)NCC1CC2CCC1N(C(=O)Nc1ccc3[nH]ncc3c1)C2. The molecule has 1 aromatic heterocycles. The average molecular weight is 399 g/mol. The number of aromatic nitrogens is 2. The van der Waals surface area contributed by atoms with E-state index in [0.29, 0.717) is 12.5 Å². The molecule has 3 atom stereocenters. The van der Waals surface area contributed by atoms with Crippen LogP contribution < -0.4 is 10.6 Å². The number of rotatable bonds is 3. The Bertz CT molecular complexity index is 903. The van der Waals surface area contributed by atoms with Gasteiger partial charge in [0.25, 0.3) is 0 Å². The van der Waals surface area contributed by atoms with E-state index in [9.17, 15) is 9.59 Å². The molecule has 8 heteroatoms. The van der Waals surface area contributed by atoms with E-state index >= 15 is 0 Å². The van der Waals surface area contributed by atoms with Crippen molar-refractivity contribution in [3.8, 4) is 0 Å². The lowest BCUT2D eigenvalue weighted by Crippen LogP contribution is -2.58. The van der Waals surface area contributed by atoms with E-state index < -0.39 is 11.7 Å². The molecule has 5 rings (SSSR count). The first-order valence-corrected chi connectivity index (χ1v) is 10.3. The molecule has 2 aliphatic heterocycles. The van der Waals surface area contributed by atoms with Crippen LogP contribution >= 0.6 is 0 Å². The molecule has 1 aliphatic carbocycles. The largest absolute Gasteiger partial charge is 0.444 e. The number of hydrogen-bond acceptors (Lipinski definition) is 4. The third-order valence-electron chi connectivity index (χ3n) is 5.77. The van der Waals surface area contributed by atoms with Crippen LogP contribution in [0.4, 0.5) is 15.3 Å². The summed E-state index contributed by atoms with van der Waals surface area (Å²) in [5.41, 5.74) is 1.18. The normalized spacial score (nSPS) is 23.8. The maximum Gasteiger partial charge on any atom is 0.407 e. The number of aromatic amines is 1. The van der Waals surface area contributed by atoms with E-state index in [1.54, 1.807) is 6.20 Å². The number of nitrogens with one attached hydrogen (secondary N) is 3. The van der Waals surface area contributed by atoms with Crippen molar-refractivity contribution >= 4 is 28.7 Å². The van der Waals surface area contributed by atoms with Crippen LogP contribution in [0.3, 0.4) is 0 Å². The average Bonchev–Trinajstić information content (AvgIpc) is 3.13. The van der Waals surface area contributed by atoms with Crippen molar-refractivity contribution in [2.75, 3.05) is 18.4 Å². The van der Waals surface area contributed by atoms with Gasteiger partial charge in [0.2, 0.25) is 0 Å². The van der Waals surface area contributed by atoms with Crippen LogP contribution in [0.25, 0.3) is 10.9 Å². The number of carbonyl (C=O) groups is 2. The number of alkyl carbamates (subject to hydrolysis) is 1. The molecule has 2 aromatic rings. The Morgan fingerprint density at radius 3 is 2.90 bits per heavy atom. The summed E-state index contributed by atoms with van der Waals surface area (Å²) < 4.78 is 5.34. The van der Waals surface area contributed by atoms with Crippen molar-refractivity contribution < 1.29 is 14.3 Å². The topological polar surface area (TPSA) is 99.4 Å². The minimum Gasteiger partial charge on any atom is -0.444 e. The molecule has 156 valence electrons. The van der Waals surface area contributed by atoms with Gasteiger partial charge in [0.15, 0.2) is 0 Å². The van der Waals surface area contributed by atoms with Crippen molar-refractivity contribution in [2.24, 2.45) is 11.8 Å². The van der Waals surface area contributed by atoms with Gasteiger partial charge in [-0.15, -0.1) is 0 Å². The number of urea groups is 1. The molecule has 29 heavy (non-hydrogen) atoms. The summed E-state index contributed by atoms with van der Waals surface area (Å²) in [5, 5.41) is 13.8. The molecule has 0 radical (unpaired) electrons. The lowest BCUT2D eigenvalue weighted by Gasteiger charge is -2.49. The van der Waals surface area contributed by atoms with Crippen molar-refractivity contribution in [1.82, 2.24) is 20.4 Å². The predicted octanol–water partition coefficient (Wildman–Crippen LogP) is 3.72. The number of hydrogen-bond donors (Lipinski definition) is 3. The lowest BCUT2D eigenvalue weighted by molar-refractivity contribution is 0.0263. The molecule has 1 aromatic carbocycles. The zero-order valence-corrected chi connectivity index (χ0v) is 17.2. The molecule has 1 saturated carbocycles. The van der Waals surface area contributed by atoms with E-state index in [-0.39, 0.29) is 18.0 Å². The molecule has 3 amide bonds. The quantitative estimate of drug-likeness (QED) is 0.732. The lowest BCUT2D eigenvalue weighted by atomic mass is 9.73. The zero-order chi connectivity index (χ0) is 20.6. The third kappa shape index (κ3) is 4.46. The fourth-order valence-corrected chi connectivity index (χ4v) is 4.53. The van der Waals surface area contributed by atoms with E-state index in [2.05, 4.69) is 20.8 Å². The van der Waals surface area contributed by atoms with E-state index in [4.69, 9.17) is 4.74 Å². The Morgan fingerprint density at radius 2 is 2.14 bits per heavy atom. The van der Waals surface area contributed by atoms with E-state index in [1.165, 1.54) is 0 Å². The van der Waals surface area contributed by atoms with Crippen LogP contribution in [0.1, 0.15) is 40.0 Å². The number of H-pyrrole nitrogens is 1. The first-order valence-electron chi connectivity index (χ1n) is 10.3. The Morgan fingerprint density at radius 1 is 1.31 bits per heavy atom. The Kier molecular flexibility index (Phi) is 5.10. The maximum atomic E-state index is 13.0. The van der Waals surface area contributed by atoms with E-state index in [0.717, 1.165) is 42.4 Å². The minimum atomic E-state index is -0.516. The van der Waals surface area contributed by atoms with Crippen LogP contribution in [-0.4, -0.2) is 52.0 Å². The second kappa shape index (κ2) is 7.57. The molecule has 3 unspecified atom stereocenters. The number of ether oxygens (including phenoxy) is 1. The fraction of sp³-hybridized carbons (Fsp3) is 0.571. The maximum absolute atomic E-state index is 13.0. The number of fused-ring (bicyclic) bond motifs is 4. The first-order chi connectivity index (χ1) is 13.8. The second-order valence-corrected chi connectivity index (χ2v) is 9.14. The van der Waals surface area contributed by atoms with Gasteiger partial charge >= 0.3 is 12.1 Å². The molecule has 2 saturated heterocycles. The van der Waals surface area contributed by atoms with Gasteiger partial charge in [-0.1, -0.05) is 0 Å². The van der Waals surface area contributed by atoms with Gasteiger partial charge in [0.05, 0.1) is 11.7 Å². The number of amides is 3. The first kappa shape index (κ1) is 19.5. The smallest absolute Gasteiger partial charge is 0.407 e. The van der Waals surface area contributed by atoms with Crippen molar-refractivity contribution in [3.05, 3.63) is 24.4 Å². The summed E-state index contributed by atoms with van der Waals surface area (Å²) in [7, 11) is 0. The van der Waals surface area contributed by atoms with Gasteiger partial charge in [-0.2, -0.15) is 5.10 Å². The molecular weight excluding hydrogens is 370 g/mol. The van der Waals surface area contributed by atoms with Gasteiger partial charge in [0.1, 0.15) is 5.60 Å². The fourth-order valence-electron chi connectivity index (χ4n) is 4.53. The van der Waals surface area contributed by atoms with Crippen LogP contribution in [0, 0.1) is 11.8 Å². The molecule has 8 nitrogen and oxygen atoms in total. The van der Waals surface area contributed by atoms with Gasteiger partial charge < -0.3 is 20.3 Å². The summed E-state index contributed by atoms with van der Waals surface area (Å²) in [6.07, 6.45) is 4.48. The second-order valence-electron chi connectivity index (χ2n) is 9.14. The number of nitrogens with zero attached hydrogens (tertiary/aromatic N) is 2. The van der Waals surface area contributed by atoms with Crippen molar-refractivity contribution in [1.29, 1.82) is 0 Å². The molecule has 2 bridgehead atoms. The highest BCUT2D eigenvalue weighted by Crippen LogP contribution is 2.39. The highest BCUT2D eigenvalue weighted by molar-refractivity contribution is 5.92. The number of piperidine rings is 2. The number of anilines is 1. The Labute approximate surface area is 170 Å². The summed E-state index contributed by atoms with van der Waals surface area (Å²) in [6.45, 7) is 6.85. The van der Waals surface area contributed by atoms with Crippen LogP contribution in [-0.2, 0) is 4.74 Å². The van der Waals surface area contributed by atoms with Crippen LogP contribution in [0.5, 0.6) is 0 Å². The van der Waals surface area contributed by atoms with Crippen LogP contribution in [0.15, 0.2) is 24.4 Å². The van der Waals surface area contributed by atoms with E-state index in [1.807, 2.05) is 43.9 Å². The summed E-state index contributed by atoms with van der Waals surface area (Å²) in [4.78, 5) is 26.9. The number of benzene rings is 1. The third-order valence-corrected chi connectivity index (χ3v) is 5.77. The standard InChI is InChI=1S/C21H29N5O3/c1-21(2,3)29-20(28)22-10-15-8-13-4-7-18(15)26(12-13)19(27)24-16-5-6-17-14(9-16)11-23-25-17/h5-6,9,11,13,15,18H,4,7-8,10,12H2,1-3H3,(H,22,28)(H,23,25)(H,24,27). The summed E-state index contributed by atoms with van der Waals surface area (Å²) in [6, 6.07) is 5.76. The highest BCUT2D eigenvalue weighted by Gasteiger charge is 2.43.